The third-order valence-corrected chi connectivity index (χ3v) is 0.729. The van der Waals surface area contributed by atoms with Gasteiger partial charge in [-0.25, -0.2) is 4.79 Å². The Labute approximate surface area is 58.2 Å². The molecule has 0 aromatic rings. The maximum Gasteiger partial charge on any atom is 0.373 e. The third-order valence-electron chi connectivity index (χ3n) is 0.729. The first-order valence-corrected chi connectivity index (χ1v) is 2.50. The van der Waals surface area contributed by atoms with Crippen LogP contribution in [0, 0.1) is 0 Å². The van der Waals surface area contributed by atoms with Gasteiger partial charge in [-0.3, -0.25) is 0 Å². The highest BCUT2D eigenvalue weighted by molar-refractivity contribution is 5.85. The number of hydrogen-bond donors (Lipinski definition) is 1. The second-order valence-electron chi connectivity index (χ2n) is 1.35. The molecule has 4 heteroatoms. The molecule has 0 atom stereocenters. The Balaban J connectivity index is 0. The standard InChI is InChI=1S/C5H8O2.CO2/c1-3-4(2)5(6)7;2-1-3/h2-3H2,1H3,(H,6,7);. The molecule has 0 radical (unpaired) electrons. The van der Waals surface area contributed by atoms with Gasteiger partial charge in [0.25, 0.3) is 0 Å². The van der Waals surface area contributed by atoms with Crippen LogP contribution in [-0.2, 0) is 14.4 Å². The number of rotatable bonds is 2. The second-order valence-corrected chi connectivity index (χ2v) is 1.35. The molecule has 0 saturated carbocycles. The third kappa shape index (κ3) is 9.77. The Morgan fingerprint density at radius 2 is 1.90 bits per heavy atom. The van der Waals surface area contributed by atoms with E-state index in [-0.39, 0.29) is 11.7 Å². The second kappa shape index (κ2) is 7.59. The van der Waals surface area contributed by atoms with Crippen LogP contribution in [0.4, 0.5) is 0 Å². The minimum absolute atomic E-state index is 0.250. The molecule has 0 spiro atoms. The summed E-state index contributed by atoms with van der Waals surface area (Å²) in [6.45, 7) is 5.03. The fourth-order valence-corrected chi connectivity index (χ4v) is 0.151. The molecule has 0 bridgehead atoms. The minimum Gasteiger partial charge on any atom is -0.478 e. The summed E-state index contributed by atoms with van der Waals surface area (Å²) in [7, 11) is 0. The number of carbonyl (C=O) groups excluding carboxylic acids is 2. The highest BCUT2D eigenvalue weighted by atomic mass is 16.4. The molecule has 0 aliphatic heterocycles. The van der Waals surface area contributed by atoms with Crippen molar-refractivity contribution >= 4 is 12.1 Å². The lowest BCUT2D eigenvalue weighted by atomic mass is 10.2. The Bertz CT molecular complexity index is 153. The molecule has 4 nitrogen and oxygen atoms in total. The molecular formula is C6H8O4. The predicted molar refractivity (Wildman–Crippen MR) is 32.1 cm³/mol. The molecule has 10 heavy (non-hydrogen) atoms. The average molecular weight is 144 g/mol. The SMILES string of the molecule is C=C(CC)C(=O)O.O=C=O. The molecule has 0 aromatic heterocycles. The summed E-state index contributed by atoms with van der Waals surface area (Å²) in [5, 5.41) is 8.08. The van der Waals surface area contributed by atoms with Crippen LogP contribution in [0.1, 0.15) is 13.3 Å². The molecule has 0 rings (SSSR count). The van der Waals surface area contributed by atoms with Crippen molar-refractivity contribution in [3.05, 3.63) is 12.2 Å². The van der Waals surface area contributed by atoms with Gasteiger partial charge in [0.05, 0.1) is 0 Å². The van der Waals surface area contributed by atoms with Crippen molar-refractivity contribution in [2.75, 3.05) is 0 Å². The number of hydrogen-bond acceptors (Lipinski definition) is 3. The monoisotopic (exact) mass is 144 g/mol. The molecule has 0 saturated heterocycles. The van der Waals surface area contributed by atoms with E-state index in [2.05, 4.69) is 6.58 Å². The maximum absolute atomic E-state index is 9.83. The van der Waals surface area contributed by atoms with E-state index >= 15 is 0 Å². The van der Waals surface area contributed by atoms with Crippen LogP contribution in [0.25, 0.3) is 0 Å². The zero-order chi connectivity index (χ0) is 8.57. The molecule has 0 amide bonds. The van der Waals surface area contributed by atoms with E-state index in [1.165, 1.54) is 0 Å². The lowest BCUT2D eigenvalue weighted by molar-refractivity contribution is -0.191. The van der Waals surface area contributed by atoms with Gasteiger partial charge >= 0.3 is 12.1 Å². The van der Waals surface area contributed by atoms with Crippen molar-refractivity contribution in [1.29, 1.82) is 0 Å². The maximum atomic E-state index is 9.83. The summed E-state index contributed by atoms with van der Waals surface area (Å²) >= 11 is 0. The van der Waals surface area contributed by atoms with E-state index < -0.39 is 5.97 Å². The molecule has 0 aliphatic rings. The highest BCUT2D eigenvalue weighted by Crippen LogP contribution is 1.93. The van der Waals surface area contributed by atoms with Gasteiger partial charge < -0.3 is 5.11 Å². The fourth-order valence-electron chi connectivity index (χ4n) is 0.151. The summed E-state index contributed by atoms with van der Waals surface area (Å²) in [6.07, 6.45) is 0.773. The van der Waals surface area contributed by atoms with Crippen LogP contribution in [0.5, 0.6) is 0 Å². The lowest BCUT2D eigenvalue weighted by Crippen LogP contribution is -1.95. The zero-order valence-electron chi connectivity index (χ0n) is 5.59. The largest absolute Gasteiger partial charge is 0.478 e. The van der Waals surface area contributed by atoms with Gasteiger partial charge in [0.1, 0.15) is 0 Å². The van der Waals surface area contributed by atoms with Gasteiger partial charge in [-0.05, 0) is 6.42 Å². The number of carboxylic acid groups (broad SMARTS) is 1. The Hall–Kier alpha value is -1.41. The number of carboxylic acids is 1. The van der Waals surface area contributed by atoms with E-state index in [9.17, 15) is 4.79 Å². The summed E-state index contributed by atoms with van der Waals surface area (Å²) in [6, 6.07) is 0. The first-order valence-electron chi connectivity index (χ1n) is 2.50. The van der Waals surface area contributed by atoms with E-state index in [0.29, 0.717) is 6.42 Å². The molecule has 0 heterocycles. The molecule has 0 aliphatic carbocycles. The number of carbonyl (C=O) groups is 1. The molecule has 0 unspecified atom stereocenters. The van der Waals surface area contributed by atoms with E-state index in [0.717, 1.165) is 0 Å². The molecule has 0 fully saturated rings. The van der Waals surface area contributed by atoms with Crippen molar-refractivity contribution < 1.29 is 19.5 Å². The van der Waals surface area contributed by atoms with Crippen LogP contribution in [-0.4, -0.2) is 17.2 Å². The molecule has 1 N–H and O–H groups in total. The van der Waals surface area contributed by atoms with Crippen molar-refractivity contribution in [3.8, 4) is 0 Å². The Morgan fingerprint density at radius 3 is 1.90 bits per heavy atom. The normalized spacial score (nSPS) is 6.50. The molecule has 56 valence electrons. The summed E-state index contributed by atoms with van der Waals surface area (Å²) < 4.78 is 0. The zero-order valence-corrected chi connectivity index (χ0v) is 5.59. The van der Waals surface area contributed by atoms with E-state index in [4.69, 9.17) is 14.7 Å². The quantitative estimate of drug-likeness (QED) is 0.571. The molecule has 0 aromatic carbocycles. The van der Waals surface area contributed by atoms with Gasteiger partial charge in [-0.15, -0.1) is 0 Å². The first kappa shape index (κ1) is 11.4. The van der Waals surface area contributed by atoms with Crippen LogP contribution in [0.2, 0.25) is 0 Å². The summed E-state index contributed by atoms with van der Waals surface area (Å²) in [4.78, 5) is 26.1. The fraction of sp³-hybridized carbons (Fsp3) is 0.333. The van der Waals surface area contributed by atoms with Crippen LogP contribution < -0.4 is 0 Å². The van der Waals surface area contributed by atoms with Crippen LogP contribution in [0.3, 0.4) is 0 Å². The van der Waals surface area contributed by atoms with Gasteiger partial charge in [-0.1, -0.05) is 13.5 Å². The molecular weight excluding hydrogens is 136 g/mol. The number of aliphatic carboxylic acids is 1. The lowest BCUT2D eigenvalue weighted by Gasteiger charge is -1.87. The van der Waals surface area contributed by atoms with E-state index in [1.54, 1.807) is 6.92 Å². The average Bonchev–Trinajstić information content (AvgIpc) is 1.88. The van der Waals surface area contributed by atoms with E-state index in [1.807, 2.05) is 0 Å². The topological polar surface area (TPSA) is 71.4 Å². The van der Waals surface area contributed by atoms with Gasteiger partial charge in [0, 0.05) is 5.57 Å². The first-order chi connectivity index (χ1) is 4.59. The van der Waals surface area contributed by atoms with Crippen molar-refractivity contribution in [2.24, 2.45) is 0 Å². The van der Waals surface area contributed by atoms with Gasteiger partial charge in [0.15, 0.2) is 0 Å². The van der Waals surface area contributed by atoms with Crippen molar-refractivity contribution in [2.45, 2.75) is 13.3 Å². The summed E-state index contributed by atoms with van der Waals surface area (Å²) in [5.74, 6) is -0.900. The van der Waals surface area contributed by atoms with Crippen LogP contribution >= 0.6 is 0 Å². The predicted octanol–water partition coefficient (Wildman–Crippen LogP) is 0.454. The van der Waals surface area contributed by atoms with Crippen molar-refractivity contribution in [1.82, 2.24) is 0 Å². The summed E-state index contributed by atoms with van der Waals surface area (Å²) in [5.41, 5.74) is 0.264. The van der Waals surface area contributed by atoms with Crippen LogP contribution in [0.15, 0.2) is 12.2 Å². The Morgan fingerprint density at radius 1 is 1.60 bits per heavy atom. The highest BCUT2D eigenvalue weighted by Gasteiger charge is 1.96. The van der Waals surface area contributed by atoms with Gasteiger partial charge in [-0.2, -0.15) is 9.59 Å². The Kier molecular flexibility index (Phi) is 8.65. The minimum atomic E-state index is -0.900. The van der Waals surface area contributed by atoms with Crippen molar-refractivity contribution in [3.63, 3.8) is 0 Å². The van der Waals surface area contributed by atoms with Gasteiger partial charge in [0.2, 0.25) is 0 Å². The smallest absolute Gasteiger partial charge is 0.373 e.